The number of rotatable bonds is 1. The summed E-state index contributed by atoms with van der Waals surface area (Å²) in [6, 6.07) is 13.8. The van der Waals surface area contributed by atoms with Crippen molar-refractivity contribution in [2.45, 2.75) is 13.8 Å². The van der Waals surface area contributed by atoms with Gasteiger partial charge in [-0.2, -0.15) is 0 Å². The molecule has 19 heavy (non-hydrogen) atoms. The van der Waals surface area contributed by atoms with Crippen LogP contribution in [0.5, 0.6) is 0 Å². The average molecular weight is 269 g/mol. The number of benzene rings is 2. The number of aryl methyl sites for hydroxylation is 2. The SMILES string of the molecule is Cc1ccc2nc(-c3ccc(Cl)cc3)c(C)nc2c1. The first kappa shape index (κ1) is 12.1. The van der Waals surface area contributed by atoms with Crippen molar-refractivity contribution in [3.63, 3.8) is 0 Å². The fourth-order valence-corrected chi connectivity index (χ4v) is 2.26. The van der Waals surface area contributed by atoms with Crippen LogP contribution in [0.25, 0.3) is 22.3 Å². The van der Waals surface area contributed by atoms with E-state index in [2.05, 4.69) is 24.0 Å². The molecular formula is C16H13ClN2. The Hall–Kier alpha value is -1.93. The van der Waals surface area contributed by atoms with E-state index in [4.69, 9.17) is 16.6 Å². The van der Waals surface area contributed by atoms with Crippen LogP contribution >= 0.6 is 11.6 Å². The monoisotopic (exact) mass is 268 g/mol. The Kier molecular flexibility index (Phi) is 2.96. The maximum atomic E-state index is 5.92. The smallest absolute Gasteiger partial charge is 0.0922 e. The third-order valence-corrected chi connectivity index (χ3v) is 3.36. The second kappa shape index (κ2) is 4.63. The molecule has 0 bridgehead atoms. The molecule has 3 aromatic rings. The Morgan fingerprint density at radius 3 is 2.32 bits per heavy atom. The molecular weight excluding hydrogens is 256 g/mol. The zero-order valence-corrected chi connectivity index (χ0v) is 11.6. The minimum atomic E-state index is 0.728. The van der Waals surface area contributed by atoms with E-state index < -0.39 is 0 Å². The summed E-state index contributed by atoms with van der Waals surface area (Å²) in [5.74, 6) is 0. The van der Waals surface area contributed by atoms with Gasteiger partial charge in [0.15, 0.2) is 0 Å². The number of aromatic nitrogens is 2. The number of hydrogen-bond acceptors (Lipinski definition) is 2. The Morgan fingerprint density at radius 2 is 1.58 bits per heavy atom. The van der Waals surface area contributed by atoms with Crippen LogP contribution < -0.4 is 0 Å². The van der Waals surface area contributed by atoms with E-state index in [1.54, 1.807) is 0 Å². The lowest BCUT2D eigenvalue weighted by molar-refractivity contribution is 1.19. The zero-order valence-electron chi connectivity index (χ0n) is 10.8. The Bertz CT molecular complexity index is 749. The summed E-state index contributed by atoms with van der Waals surface area (Å²) >= 11 is 5.92. The first-order valence-electron chi connectivity index (χ1n) is 6.14. The second-order valence-electron chi connectivity index (χ2n) is 4.66. The highest BCUT2D eigenvalue weighted by molar-refractivity contribution is 6.30. The third-order valence-electron chi connectivity index (χ3n) is 3.11. The standard InChI is InChI=1S/C16H13ClN2/c1-10-3-8-14-15(9-10)18-11(2)16(19-14)12-4-6-13(17)7-5-12/h3-9H,1-2H3. The summed E-state index contributed by atoms with van der Waals surface area (Å²) in [6.45, 7) is 4.04. The summed E-state index contributed by atoms with van der Waals surface area (Å²) < 4.78 is 0. The fraction of sp³-hybridized carbons (Fsp3) is 0.125. The molecule has 3 heteroatoms. The zero-order chi connectivity index (χ0) is 13.4. The van der Waals surface area contributed by atoms with Gasteiger partial charge >= 0.3 is 0 Å². The topological polar surface area (TPSA) is 25.8 Å². The third kappa shape index (κ3) is 2.32. The molecule has 0 amide bonds. The molecule has 0 aliphatic carbocycles. The normalized spacial score (nSPS) is 10.9. The van der Waals surface area contributed by atoms with Gasteiger partial charge in [0, 0.05) is 10.6 Å². The van der Waals surface area contributed by atoms with Gasteiger partial charge in [-0.05, 0) is 43.7 Å². The van der Waals surface area contributed by atoms with Crippen molar-refractivity contribution in [1.29, 1.82) is 0 Å². The summed E-state index contributed by atoms with van der Waals surface area (Å²) in [7, 11) is 0. The maximum Gasteiger partial charge on any atom is 0.0922 e. The average Bonchev–Trinajstić information content (AvgIpc) is 2.39. The highest BCUT2D eigenvalue weighted by Crippen LogP contribution is 2.24. The quantitative estimate of drug-likeness (QED) is 0.646. The lowest BCUT2D eigenvalue weighted by Gasteiger charge is -2.07. The Labute approximate surface area is 117 Å². The molecule has 0 radical (unpaired) electrons. The van der Waals surface area contributed by atoms with Gasteiger partial charge in [-0.3, -0.25) is 0 Å². The molecule has 2 aromatic carbocycles. The van der Waals surface area contributed by atoms with Crippen molar-refractivity contribution >= 4 is 22.6 Å². The van der Waals surface area contributed by atoms with Gasteiger partial charge in [-0.1, -0.05) is 29.8 Å². The van der Waals surface area contributed by atoms with E-state index in [9.17, 15) is 0 Å². The minimum Gasteiger partial charge on any atom is -0.249 e. The van der Waals surface area contributed by atoms with Gasteiger partial charge in [-0.25, -0.2) is 9.97 Å². The molecule has 2 nitrogen and oxygen atoms in total. The predicted octanol–water partition coefficient (Wildman–Crippen LogP) is 4.57. The number of nitrogens with zero attached hydrogens (tertiary/aromatic N) is 2. The molecule has 0 aliphatic heterocycles. The van der Waals surface area contributed by atoms with Crippen molar-refractivity contribution in [1.82, 2.24) is 9.97 Å². The molecule has 0 spiro atoms. The highest BCUT2D eigenvalue weighted by atomic mass is 35.5. The molecule has 0 aliphatic rings. The fourth-order valence-electron chi connectivity index (χ4n) is 2.13. The van der Waals surface area contributed by atoms with Crippen molar-refractivity contribution < 1.29 is 0 Å². The molecule has 0 unspecified atom stereocenters. The largest absolute Gasteiger partial charge is 0.249 e. The van der Waals surface area contributed by atoms with Crippen LogP contribution in [0.2, 0.25) is 5.02 Å². The number of hydrogen-bond donors (Lipinski definition) is 0. The van der Waals surface area contributed by atoms with Gasteiger partial charge in [0.25, 0.3) is 0 Å². The summed E-state index contributed by atoms with van der Waals surface area (Å²) in [4.78, 5) is 9.35. The van der Waals surface area contributed by atoms with E-state index in [1.165, 1.54) is 5.56 Å². The van der Waals surface area contributed by atoms with Crippen LogP contribution in [0.3, 0.4) is 0 Å². The molecule has 0 saturated carbocycles. The Balaban J connectivity index is 2.21. The van der Waals surface area contributed by atoms with Gasteiger partial charge in [-0.15, -0.1) is 0 Å². The van der Waals surface area contributed by atoms with Gasteiger partial charge in [0.2, 0.25) is 0 Å². The minimum absolute atomic E-state index is 0.728. The summed E-state index contributed by atoms with van der Waals surface area (Å²) in [6.07, 6.45) is 0. The lowest BCUT2D eigenvalue weighted by atomic mass is 10.1. The predicted molar refractivity (Wildman–Crippen MR) is 79.5 cm³/mol. The molecule has 0 atom stereocenters. The lowest BCUT2D eigenvalue weighted by Crippen LogP contribution is -1.94. The van der Waals surface area contributed by atoms with E-state index in [1.807, 2.05) is 37.3 Å². The van der Waals surface area contributed by atoms with Crippen LogP contribution in [-0.4, -0.2) is 9.97 Å². The van der Waals surface area contributed by atoms with Crippen LogP contribution in [0.15, 0.2) is 42.5 Å². The van der Waals surface area contributed by atoms with E-state index in [-0.39, 0.29) is 0 Å². The van der Waals surface area contributed by atoms with Gasteiger partial charge < -0.3 is 0 Å². The molecule has 0 N–H and O–H groups in total. The first-order chi connectivity index (χ1) is 9.13. The van der Waals surface area contributed by atoms with Crippen molar-refractivity contribution in [2.24, 2.45) is 0 Å². The van der Waals surface area contributed by atoms with Crippen molar-refractivity contribution in [3.8, 4) is 11.3 Å². The maximum absolute atomic E-state index is 5.92. The van der Waals surface area contributed by atoms with Crippen LogP contribution in [0, 0.1) is 13.8 Å². The molecule has 1 heterocycles. The molecule has 0 fully saturated rings. The van der Waals surface area contributed by atoms with Crippen LogP contribution in [0.1, 0.15) is 11.3 Å². The highest BCUT2D eigenvalue weighted by Gasteiger charge is 2.07. The van der Waals surface area contributed by atoms with Gasteiger partial charge in [0.05, 0.1) is 22.4 Å². The molecule has 0 saturated heterocycles. The number of halogens is 1. The second-order valence-corrected chi connectivity index (χ2v) is 5.09. The first-order valence-corrected chi connectivity index (χ1v) is 6.52. The van der Waals surface area contributed by atoms with E-state index in [0.717, 1.165) is 33.0 Å². The Morgan fingerprint density at radius 1 is 0.842 bits per heavy atom. The summed E-state index contributed by atoms with van der Waals surface area (Å²) in [5.41, 5.74) is 5.93. The van der Waals surface area contributed by atoms with Crippen LogP contribution in [-0.2, 0) is 0 Å². The number of fused-ring (bicyclic) bond motifs is 1. The van der Waals surface area contributed by atoms with Gasteiger partial charge in [0.1, 0.15) is 0 Å². The van der Waals surface area contributed by atoms with E-state index in [0.29, 0.717) is 0 Å². The van der Waals surface area contributed by atoms with Crippen molar-refractivity contribution in [3.05, 3.63) is 58.7 Å². The summed E-state index contributed by atoms with van der Waals surface area (Å²) in [5, 5.41) is 0.728. The van der Waals surface area contributed by atoms with Crippen LogP contribution in [0.4, 0.5) is 0 Å². The molecule has 94 valence electrons. The van der Waals surface area contributed by atoms with Crippen molar-refractivity contribution in [2.75, 3.05) is 0 Å². The molecule has 1 aromatic heterocycles. The molecule has 3 rings (SSSR count). The van der Waals surface area contributed by atoms with E-state index >= 15 is 0 Å².